The zero-order chi connectivity index (χ0) is 19.8. The van der Waals surface area contributed by atoms with E-state index in [0.717, 1.165) is 76.8 Å². The fraction of sp³-hybridized carbons (Fsp3) is 0.773. The van der Waals surface area contributed by atoms with Gasteiger partial charge in [0.15, 0.2) is 0 Å². The molecule has 3 aliphatic heterocycles. The largest absolute Gasteiger partial charge is 0.354 e. The van der Waals surface area contributed by atoms with Gasteiger partial charge in [-0.1, -0.05) is 12.8 Å². The Morgan fingerprint density at radius 1 is 0.862 bits per heavy atom. The molecule has 2 saturated heterocycles. The summed E-state index contributed by atoms with van der Waals surface area (Å²) in [4.78, 5) is 32.4. The molecule has 158 valence electrons. The minimum absolute atomic E-state index is 0.244. The van der Waals surface area contributed by atoms with Gasteiger partial charge in [-0.2, -0.15) is 4.98 Å². The van der Waals surface area contributed by atoms with Gasteiger partial charge in [0.25, 0.3) is 0 Å². The zero-order valence-electron chi connectivity index (χ0n) is 17.8. The third kappa shape index (κ3) is 3.81. The van der Waals surface area contributed by atoms with E-state index in [4.69, 9.17) is 9.97 Å². The minimum Gasteiger partial charge on any atom is -0.354 e. The van der Waals surface area contributed by atoms with Crippen LogP contribution in [0.2, 0.25) is 0 Å². The Balaban J connectivity index is 1.45. The van der Waals surface area contributed by atoms with Crippen molar-refractivity contribution < 1.29 is 4.79 Å². The second kappa shape index (κ2) is 8.09. The van der Waals surface area contributed by atoms with Crippen molar-refractivity contribution in [3.05, 3.63) is 11.3 Å². The first-order valence-electron chi connectivity index (χ1n) is 11.6. The maximum atomic E-state index is 13.1. The summed E-state index contributed by atoms with van der Waals surface area (Å²) in [5, 5.41) is 0. The van der Waals surface area contributed by atoms with Crippen LogP contribution in [0.5, 0.6) is 0 Å². The fourth-order valence-corrected chi connectivity index (χ4v) is 5.34. The highest BCUT2D eigenvalue weighted by atomic mass is 16.2. The van der Waals surface area contributed by atoms with Crippen molar-refractivity contribution >= 4 is 17.7 Å². The van der Waals surface area contributed by atoms with Crippen LogP contribution < -0.4 is 9.80 Å². The van der Waals surface area contributed by atoms with Crippen LogP contribution in [0.3, 0.4) is 0 Å². The first kappa shape index (κ1) is 19.1. The molecule has 0 unspecified atom stereocenters. The van der Waals surface area contributed by atoms with Crippen LogP contribution in [-0.2, 0) is 17.8 Å². The van der Waals surface area contributed by atoms with Crippen LogP contribution in [0.4, 0.5) is 11.8 Å². The Bertz CT molecular complexity index is 748. The smallest absolute Gasteiger partial charge is 0.227 e. The average molecular weight is 399 g/mol. The van der Waals surface area contributed by atoms with Crippen LogP contribution in [0.25, 0.3) is 0 Å². The van der Waals surface area contributed by atoms with E-state index in [2.05, 4.69) is 26.6 Å². The maximum absolute atomic E-state index is 13.1. The van der Waals surface area contributed by atoms with Crippen LogP contribution in [0.15, 0.2) is 0 Å². The predicted molar refractivity (Wildman–Crippen MR) is 114 cm³/mol. The molecule has 5 rings (SSSR count). The van der Waals surface area contributed by atoms with Crippen molar-refractivity contribution in [2.45, 2.75) is 51.5 Å². The highest BCUT2D eigenvalue weighted by Gasteiger charge is 2.33. The van der Waals surface area contributed by atoms with Crippen LogP contribution in [0, 0.1) is 5.92 Å². The number of carbonyl (C=O) groups excluding carboxylic acids is 1. The van der Waals surface area contributed by atoms with Gasteiger partial charge in [-0.05, 0) is 32.7 Å². The molecule has 0 N–H and O–H groups in total. The highest BCUT2D eigenvalue weighted by molar-refractivity contribution is 5.79. The van der Waals surface area contributed by atoms with Gasteiger partial charge in [-0.3, -0.25) is 4.79 Å². The molecule has 4 heterocycles. The molecule has 0 radical (unpaired) electrons. The van der Waals surface area contributed by atoms with Crippen LogP contribution in [-0.4, -0.2) is 78.5 Å². The number of piperazine rings is 1. The lowest BCUT2D eigenvalue weighted by Crippen LogP contribution is -2.46. The average Bonchev–Trinajstić information content (AvgIpc) is 3.47. The summed E-state index contributed by atoms with van der Waals surface area (Å²) in [6.07, 6.45) is 7.86. The van der Waals surface area contributed by atoms with Crippen molar-refractivity contribution in [3.8, 4) is 0 Å². The van der Waals surface area contributed by atoms with Crippen LogP contribution >= 0.6 is 0 Å². The minimum atomic E-state index is 0.244. The highest BCUT2D eigenvalue weighted by Crippen LogP contribution is 2.33. The maximum Gasteiger partial charge on any atom is 0.227 e. The molecule has 1 amide bonds. The summed E-state index contributed by atoms with van der Waals surface area (Å²) in [5.74, 6) is 2.61. The van der Waals surface area contributed by atoms with Gasteiger partial charge in [0.1, 0.15) is 5.82 Å². The summed E-state index contributed by atoms with van der Waals surface area (Å²) >= 11 is 0. The molecule has 7 nitrogen and oxygen atoms in total. The molecule has 0 atom stereocenters. The number of hydrogen-bond acceptors (Lipinski definition) is 6. The Morgan fingerprint density at radius 3 is 2.31 bits per heavy atom. The number of amides is 1. The number of fused-ring (bicyclic) bond motifs is 1. The van der Waals surface area contributed by atoms with Crippen molar-refractivity contribution in [2.24, 2.45) is 5.92 Å². The summed E-state index contributed by atoms with van der Waals surface area (Å²) in [6, 6.07) is 0. The van der Waals surface area contributed by atoms with E-state index in [0.29, 0.717) is 12.5 Å². The number of hydrogen-bond donors (Lipinski definition) is 0. The number of likely N-dealkylation sites (N-methyl/N-ethyl adjacent to an activating group) is 1. The van der Waals surface area contributed by atoms with Gasteiger partial charge in [-0.25, -0.2) is 4.98 Å². The van der Waals surface area contributed by atoms with Gasteiger partial charge >= 0.3 is 0 Å². The van der Waals surface area contributed by atoms with Crippen molar-refractivity contribution in [3.63, 3.8) is 0 Å². The molecule has 1 aromatic rings. The van der Waals surface area contributed by atoms with E-state index in [1.807, 2.05) is 0 Å². The van der Waals surface area contributed by atoms with Gasteiger partial charge < -0.3 is 19.6 Å². The molecule has 0 aromatic carbocycles. The molecule has 0 bridgehead atoms. The second-order valence-electron chi connectivity index (χ2n) is 9.25. The summed E-state index contributed by atoms with van der Waals surface area (Å²) in [6.45, 7) is 7.73. The third-order valence-corrected chi connectivity index (χ3v) is 7.23. The van der Waals surface area contributed by atoms with Gasteiger partial charge in [0.2, 0.25) is 11.9 Å². The predicted octanol–water partition coefficient (Wildman–Crippen LogP) is 1.90. The molecular weight excluding hydrogens is 364 g/mol. The van der Waals surface area contributed by atoms with Crippen molar-refractivity contribution in [2.75, 3.05) is 62.7 Å². The summed E-state index contributed by atoms with van der Waals surface area (Å²) in [5.41, 5.74) is 2.38. The van der Waals surface area contributed by atoms with Crippen molar-refractivity contribution in [1.82, 2.24) is 19.8 Å². The van der Waals surface area contributed by atoms with Gasteiger partial charge in [0, 0.05) is 63.7 Å². The molecule has 3 fully saturated rings. The Labute approximate surface area is 174 Å². The molecule has 1 aliphatic carbocycles. The SMILES string of the molecule is CN1CCN(c2nc(N3CCCC3)nc3c2CN(C(=O)C2CCCC2)CC3)CC1. The number of anilines is 2. The number of rotatable bonds is 3. The molecule has 1 saturated carbocycles. The lowest BCUT2D eigenvalue weighted by Gasteiger charge is -2.37. The van der Waals surface area contributed by atoms with Crippen molar-refractivity contribution in [1.29, 1.82) is 0 Å². The molecule has 29 heavy (non-hydrogen) atoms. The van der Waals surface area contributed by atoms with E-state index >= 15 is 0 Å². The fourth-order valence-electron chi connectivity index (χ4n) is 5.34. The normalized spacial score (nSPS) is 23.7. The Kier molecular flexibility index (Phi) is 5.33. The van der Waals surface area contributed by atoms with E-state index in [1.165, 1.54) is 36.9 Å². The zero-order valence-corrected chi connectivity index (χ0v) is 17.8. The topological polar surface area (TPSA) is 55.8 Å². The third-order valence-electron chi connectivity index (χ3n) is 7.23. The van der Waals surface area contributed by atoms with E-state index in [9.17, 15) is 4.79 Å². The molecule has 4 aliphatic rings. The summed E-state index contributed by atoms with van der Waals surface area (Å²) in [7, 11) is 2.18. The molecular formula is C22H34N6O. The quantitative estimate of drug-likeness (QED) is 0.775. The number of aromatic nitrogens is 2. The number of carbonyl (C=O) groups is 1. The van der Waals surface area contributed by atoms with Gasteiger partial charge in [0.05, 0.1) is 12.2 Å². The Hall–Kier alpha value is -1.89. The number of nitrogens with zero attached hydrogens (tertiary/aromatic N) is 6. The first-order valence-corrected chi connectivity index (χ1v) is 11.6. The van der Waals surface area contributed by atoms with Gasteiger partial charge in [-0.15, -0.1) is 0 Å². The molecule has 7 heteroatoms. The lowest BCUT2D eigenvalue weighted by molar-refractivity contribution is -0.136. The monoisotopic (exact) mass is 398 g/mol. The van der Waals surface area contributed by atoms with E-state index in [1.54, 1.807) is 0 Å². The van der Waals surface area contributed by atoms with E-state index < -0.39 is 0 Å². The molecule has 0 spiro atoms. The summed E-state index contributed by atoms with van der Waals surface area (Å²) < 4.78 is 0. The second-order valence-corrected chi connectivity index (χ2v) is 9.25. The van der Waals surface area contributed by atoms with E-state index in [-0.39, 0.29) is 5.92 Å². The standard InChI is InChI=1S/C22H34N6O/c1-25-12-14-26(15-13-25)20-18-16-28(21(29)17-6-2-3-7-17)11-8-19(18)23-22(24-20)27-9-4-5-10-27/h17H,2-16H2,1H3. The molecule has 1 aromatic heterocycles. The lowest BCUT2D eigenvalue weighted by atomic mass is 10.0. The first-order chi connectivity index (χ1) is 14.2. The Morgan fingerprint density at radius 2 is 1.59 bits per heavy atom. The van der Waals surface area contributed by atoms with Crippen LogP contribution in [0.1, 0.15) is 49.8 Å².